The molecule has 21 heavy (non-hydrogen) atoms. The molecule has 0 aromatic heterocycles. The van der Waals surface area contributed by atoms with Crippen molar-refractivity contribution in [1.29, 1.82) is 0 Å². The zero-order valence-corrected chi connectivity index (χ0v) is 12.2. The molecule has 0 amide bonds. The Balaban J connectivity index is 1.85. The normalized spacial score (nSPS) is 15.6. The Morgan fingerprint density at radius 2 is 1.67 bits per heavy atom. The predicted molar refractivity (Wildman–Crippen MR) is 79.2 cm³/mol. The van der Waals surface area contributed by atoms with Crippen LogP contribution in [0, 0.1) is 19.7 Å². The molecule has 3 heteroatoms. The van der Waals surface area contributed by atoms with E-state index in [1.54, 1.807) is 19.1 Å². The topological polar surface area (TPSA) is 26.3 Å². The van der Waals surface area contributed by atoms with Gasteiger partial charge >= 0.3 is 0 Å². The molecule has 1 aliphatic rings. The molecular weight excluding hydrogens is 267 g/mol. The van der Waals surface area contributed by atoms with Crippen LogP contribution in [0.4, 0.5) is 4.39 Å². The van der Waals surface area contributed by atoms with Crippen molar-refractivity contribution >= 4 is 5.78 Å². The van der Waals surface area contributed by atoms with Crippen LogP contribution in [0.5, 0.6) is 5.75 Å². The van der Waals surface area contributed by atoms with E-state index in [1.165, 1.54) is 6.07 Å². The van der Waals surface area contributed by atoms with Crippen molar-refractivity contribution in [2.45, 2.75) is 32.3 Å². The summed E-state index contributed by atoms with van der Waals surface area (Å²) in [7, 11) is 0. The molecule has 0 spiro atoms. The average Bonchev–Trinajstić information content (AvgIpc) is 3.22. The van der Waals surface area contributed by atoms with Crippen molar-refractivity contribution in [3.63, 3.8) is 0 Å². The Labute approximate surface area is 123 Å². The molecule has 0 N–H and O–H groups in total. The summed E-state index contributed by atoms with van der Waals surface area (Å²) in [5, 5.41) is 0. The van der Waals surface area contributed by atoms with E-state index < -0.39 is 11.4 Å². The summed E-state index contributed by atoms with van der Waals surface area (Å²) in [4.78, 5) is 12.6. The van der Waals surface area contributed by atoms with Gasteiger partial charge in [0.15, 0.2) is 5.60 Å². The first-order chi connectivity index (χ1) is 10.00. The Morgan fingerprint density at radius 1 is 1.05 bits per heavy atom. The van der Waals surface area contributed by atoms with E-state index in [0.717, 1.165) is 11.1 Å². The van der Waals surface area contributed by atoms with Gasteiger partial charge in [-0.3, -0.25) is 4.79 Å². The van der Waals surface area contributed by atoms with Gasteiger partial charge < -0.3 is 4.74 Å². The fourth-order valence-corrected chi connectivity index (χ4v) is 2.37. The molecule has 0 bridgehead atoms. The number of hydrogen-bond acceptors (Lipinski definition) is 2. The number of halogens is 1. The van der Waals surface area contributed by atoms with Gasteiger partial charge in [0, 0.05) is 0 Å². The molecule has 0 atom stereocenters. The SMILES string of the molecule is Cc1ccc(OC2(C(=O)c3ccc(C)cc3F)CC2)cc1. The van der Waals surface area contributed by atoms with Crippen LogP contribution in [0.25, 0.3) is 0 Å². The van der Waals surface area contributed by atoms with Gasteiger partial charge in [-0.05, 0) is 56.5 Å². The predicted octanol–water partition coefficient (Wildman–Crippen LogP) is 4.24. The van der Waals surface area contributed by atoms with Crippen LogP contribution in [0.3, 0.4) is 0 Å². The lowest BCUT2D eigenvalue weighted by molar-refractivity contribution is 0.0741. The van der Waals surface area contributed by atoms with Crippen molar-refractivity contribution in [3.05, 3.63) is 65.0 Å². The largest absolute Gasteiger partial charge is 0.479 e. The van der Waals surface area contributed by atoms with Crippen LogP contribution in [-0.4, -0.2) is 11.4 Å². The lowest BCUT2D eigenvalue weighted by Crippen LogP contribution is -2.30. The quantitative estimate of drug-likeness (QED) is 0.785. The van der Waals surface area contributed by atoms with Gasteiger partial charge in [0.05, 0.1) is 5.56 Å². The standard InChI is InChI=1S/C18H17FO2/c1-12-3-6-14(7-4-12)21-18(9-10-18)17(20)15-8-5-13(2)11-16(15)19/h3-8,11H,9-10H2,1-2H3. The van der Waals surface area contributed by atoms with Crippen LogP contribution >= 0.6 is 0 Å². The Hall–Kier alpha value is -2.16. The van der Waals surface area contributed by atoms with E-state index in [1.807, 2.05) is 31.2 Å². The number of rotatable bonds is 4. The zero-order chi connectivity index (χ0) is 15.0. The fraction of sp³-hybridized carbons (Fsp3) is 0.278. The second-order valence-electron chi connectivity index (χ2n) is 5.72. The molecular formula is C18H17FO2. The molecule has 3 rings (SSSR count). The Morgan fingerprint density at radius 3 is 2.24 bits per heavy atom. The molecule has 108 valence electrons. The minimum absolute atomic E-state index is 0.116. The first kappa shape index (κ1) is 13.8. The van der Waals surface area contributed by atoms with Gasteiger partial charge in [-0.2, -0.15) is 0 Å². The molecule has 0 radical (unpaired) electrons. The summed E-state index contributed by atoms with van der Waals surface area (Å²) >= 11 is 0. The third-order valence-corrected chi connectivity index (χ3v) is 3.82. The molecule has 0 heterocycles. The van der Waals surface area contributed by atoms with Crippen LogP contribution in [-0.2, 0) is 0 Å². The number of ether oxygens (including phenoxy) is 1. The maximum Gasteiger partial charge on any atom is 0.209 e. The third-order valence-electron chi connectivity index (χ3n) is 3.82. The van der Waals surface area contributed by atoms with Crippen LogP contribution in [0.15, 0.2) is 42.5 Å². The number of carbonyl (C=O) groups excluding carboxylic acids is 1. The number of Topliss-reactive ketones (excluding diaryl/α,β-unsaturated/α-hetero) is 1. The highest BCUT2D eigenvalue weighted by Gasteiger charge is 2.53. The zero-order valence-electron chi connectivity index (χ0n) is 12.2. The van der Waals surface area contributed by atoms with Crippen molar-refractivity contribution in [2.75, 3.05) is 0 Å². The second kappa shape index (κ2) is 4.99. The van der Waals surface area contributed by atoms with E-state index in [9.17, 15) is 9.18 Å². The minimum Gasteiger partial charge on any atom is -0.479 e. The van der Waals surface area contributed by atoms with E-state index in [2.05, 4.69) is 0 Å². The van der Waals surface area contributed by atoms with E-state index >= 15 is 0 Å². The van der Waals surface area contributed by atoms with Crippen LogP contribution in [0.2, 0.25) is 0 Å². The number of hydrogen-bond donors (Lipinski definition) is 0. The molecule has 2 nitrogen and oxygen atoms in total. The summed E-state index contributed by atoms with van der Waals surface area (Å²) in [5.74, 6) is -0.0849. The molecule has 2 aromatic carbocycles. The maximum atomic E-state index is 14.0. The van der Waals surface area contributed by atoms with Gasteiger partial charge in [0.25, 0.3) is 0 Å². The molecule has 2 aromatic rings. The highest BCUT2D eigenvalue weighted by Crippen LogP contribution is 2.43. The van der Waals surface area contributed by atoms with Gasteiger partial charge in [-0.1, -0.05) is 23.8 Å². The van der Waals surface area contributed by atoms with Crippen molar-refractivity contribution in [1.82, 2.24) is 0 Å². The van der Waals surface area contributed by atoms with E-state index in [-0.39, 0.29) is 11.3 Å². The summed E-state index contributed by atoms with van der Waals surface area (Å²) in [6.45, 7) is 3.79. The van der Waals surface area contributed by atoms with Gasteiger partial charge in [-0.15, -0.1) is 0 Å². The molecule has 1 saturated carbocycles. The highest BCUT2D eigenvalue weighted by atomic mass is 19.1. The van der Waals surface area contributed by atoms with Crippen molar-refractivity contribution in [2.24, 2.45) is 0 Å². The minimum atomic E-state index is -0.884. The molecule has 0 aliphatic heterocycles. The van der Waals surface area contributed by atoms with Crippen molar-refractivity contribution < 1.29 is 13.9 Å². The van der Waals surface area contributed by atoms with Gasteiger partial charge in [0.1, 0.15) is 11.6 Å². The van der Waals surface area contributed by atoms with E-state index in [0.29, 0.717) is 18.6 Å². The summed E-state index contributed by atoms with van der Waals surface area (Å²) in [6.07, 6.45) is 1.26. The second-order valence-corrected chi connectivity index (χ2v) is 5.72. The summed E-state index contributed by atoms with van der Waals surface area (Å²) in [6, 6.07) is 12.2. The molecule has 1 fully saturated rings. The molecule has 0 saturated heterocycles. The first-order valence-electron chi connectivity index (χ1n) is 7.07. The number of ketones is 1. The monoisotopic (exact) mass is 284 g/mol. The number of aryl methyl sites for hydroxylation is 2. The lowest BCUT2D eigenvalue weighted by atomic mass is 10.0. The van der Waals surface area contributed by atoms with Gasteiger partial charge in [0.2, 0.25) is 5.78 Å². The Kier molecular flexibility index (Phi) is 3.28. The summed E-state index contributed by atoms with van der Waals surface area (Å²) < 4.78 is 19.8. The number of carbonyl (C=O) groups is 1. The first-order valence-corrected chi connectivity index (χ1v) is 7.07. The molecule has 1 aliphatic carbocycles. The summed E-state index contributed by atoms with van der Waals surface area (Å²) in [5.41, 5.74) is 1.16. The van der Waals surface area contributed by atoms with E-state index in [4.69, 9.17) is 4.74 Å². The Bertz CT molecular complexity index is 685. The van der Waals surface area contributed by atoms with Crippen molar-refractivity contribution in [3.8, 4) is 5.75 Å². The van der Waals surface area contributed by atoms with Crippen LogP contribution in [0.1, 0.15) is 34.3 Å². The van der Waals surface area contributed by atoms with Gasteiger partial charge in [-0.25, -0.2) is 4.39 Å². The number of benzene rings is 2. The smallest absolute Gasteiger partial charge is 0.209 e. The molecule has 0 unspecified atom stereocenters. The highest BCUT2D eigenvalue weighted by molar-refractivity contribution is 6.04. The third kappa shape index (κ3) is 2.68. The average molecular weight is 284 g/mol. The van der Waals surface area contributed by atoms with Crippen LogP contribution < -0.4 is 4.74 Å². The fourth-order valence-electron chi connectivity index (χ4n) is 2.37. The lowest BCUT2D eigenvalue weighted by Gasteiger charge is -2.17. The maximum absolute atomic E-state index is 14.0.